The molecular formula is C23H16N2OS. The maximum absolute atomic E-state index is 12.2. The Bertz CT molecular complexity index is 1270. The number of anilines is 1. The van der Waals surface area contributed by atoms with Crippen molar-refractivity contribution in [2.24, 2.45) is 0 Å². The van der Waals surface area contributed by atoms with E-state index >= 15 is 0 Å². The minimum Gasteiger partial charge on any atom is -0.361 e. The Labute approximate surface area is 160 Å². The van der Waals surface area contributed by atoms with Crippen LogP contribution in [0.25, 0.3) is 32.8 Å². The molecule has 2 heterocycles. The van der Waals surface area contributed by atoms with Crippen LogP contribution in [0.1, 0.15) is 10.4 Å². The number of nitrogens with one attached hydrogen (secondary N) is 2. The van der Waals surface area contributed by atoms with Crippen molar-refractivity contribution >= 4 is 44.6 Å². The van der Waals surface area contributed by atoms with Gasteiger partial charge in [0, 0.05) is 22.8 Å². The molecule has 4 heteroatoms. The van der Waals surface area contributed by atoms with Gasteiger partial charge in [-0.25, -0.2) is 0 Å². The number of aromatic amines is 1. The van der Waals surface area contributed by atoms with Crippen LogP contribution in [-0.2, 0) is 0 Å². The molecule has 1 amide bonds. The number of benzene rings is 3. The van der Waals surface area contributed by atoms with Crippen LogP contribution in [0.15, 0.2) is 83.7 Å². The van der Waals surface area contributed by atoms with Gasteiger partial charge in [0.2, 0.25) is 0 Å². The van der Waals surface area contributed by atoms with E-state index in [1.807, 2.05) is 35.2 Å². The quantitative estimate of drug-likeness (QED) is 0.385. The molecule has 0 atom stereocenters. The highest BCUT2D eigenvalue weighted by atomic mass is 32.1. The van der Waals surface area contributed by atoms with Gasteiger partial charge in [0.1, 0.15) is 0 Å². The highest BCUT2D eigenvalue weighted by Gasteiger charge is 2.07. The number of amides is 1. The van der Waals surface area contributed by atoms with Gasteiger partial charge in [0.15, 0.2) is 0 Å². The Balaban J connectivity index is 1.46. The van der Waals surface area contributed by atoms with Gasteiger partial charge in [-0.15, -0.1) is 0 Å². The molecule has 0 radical (unpaired) electrons. The monoisotopic (exact) mass is 368 g/mol. The van der Waals surface area contributed by atoms with Gasteiger partial charge in [0.25, 0.3) is 5.91 Å². The summed E-state index contributed by atoms with van der Waals surface area (Å²) in [5.74, 6) is -0.0773. The molecule has 0 aliphatic carbocycles. The van der Waals surface area contributed by atoms with Gasteiger partial charge < -0.3 is 10.3 Å². The van der Waals surface area contributed by atoms with Crippen molar-refractivity contribution in [3.05, 3.63) is 89.3 Å². The number of H-pyrrole nitrogens is 1. The Morgan fingerprint density at radius 3 is 2.44 bits per heavy atom. The van der Waals surface area contributed by atoms with E-state index in [0.717, 1.165) is 22.0 Å². The fourth-order valence-corrected chi connectivity index (χ4v) is 3.96. The van der Waals surface area contributed by atoms with Gasteiger partial charge in [-0.3, -0.25) is 4.79 Å². The molecule has 27 heavy (non-hydrogen) atoms. The Morgan fingerprint density at radius 1 is 0.815 bits per heavy atom. The second-order valence-corrected chi connectivity index (χ2v) is 7.30. The molecule has 0 saturated heterocycles. The summed E-state index contributed by atoms with van der Waals surface area (Å²) in [7, 11) is 0. The van der Waals surface area contributed by atoms with Crippen molar-refractivity contribution in [3.8, 4) is 11.1 Å². The van der Waals surface area contributed by atoms with E-state index in [9.17, 15) is 4.79 Å². The van der Waals surface area contributed by atoms with E-state index < -0.39 is 0 Å². The molecule has 0 fully saturated rings. The number of thiophene rings is 1. The zero-order valence-electron chi connectivity index (χ0n) is 14.4. The molecule has 130 valence electrons. The first-order chi connectivity index (χ1) is 13.3. The van der Waals surface area contributed by atoms with Gasteiger partial charge in [-0.2, -0.15) is 11.3 Å². The Morgan fingerprint density at radius 2 is 1.59 bits per heavy atom. The van der Waals surface area contributed by atoms with E-state index in [4.69, 9.17) is 0 Å². The summed E-state index contributed by atoms with van der Waals surface area (Å²) in [6.07, 6.45) is 1.96. The highest BCUT2D eigenvalue weighted by Crippen LogP contribution is 2.28. The molecule has 3 nitrogen and oxygen atoms in total. The molecule has 0 spiro atoms. The number of hydrogen-bond acceptors (Lipinski definition) is 2. The lowest BCUT2D eigenvalue weighted by molar-refractivity contribution is 0.102. The molecule has 0 saturated carbocycles. The maximum atomic E-state index is 12.2. The minimum absolute atomic E-state index is 0.0773. The highest BCUT2D eigenvalue weighted by molar-refractivity contribution is 7.08. The summed E-state index contributed by atoms with van der Waals surface area (Å²) in [4.78, 5) is 15.5. The molecule has 0 aliphatic heterocycles. The maximum Gasteiger partial charge on any atom is 0.256 e. The third kappa shape index (κ3) is 3.00. The summed E-state index contributed by atoms with van der Waals surface area (Å²) in [6, 6.07) is 22.8. The van der Waals surface area contributed by atoms with Crippen molar-refractivity contribution in [2.45, 2.75) is 0 Å². The van der Waals surface area contributed by atoms with E-state index in [2.05, 4.69) is 58.8 Å². The van der Waals surface area contributed by atoms with Crippen molar-refractivity contribution < 1.29 is 4.79 Å². The molecule has 0 unspecified atom stereocenters. The predicted octanol–water partition coefficient (Wildman–Crippen LogP) is 6.30. The van der Waals surface area contributed by atoms with Crippen LogP contribution in [0.3, 0.4) is 0 Å². The van der Waals surface area contributed by atoms with Gasteiger partial charge in [-0.1, -0.05) is 30.3 Å². The van der Waals surface area contributed by atoms with Crippen LogP contribution in [0, 0.1) is 0 Å². The minimum atomic E-state index is -0.0773. The van der Waals surface area contributed by atoms with Crippen LogP contribution in [0.4, 0.5) is 5.69 Å². The average Bonchev–Trinajstić information content (AvgIpc) is 3.38. The van der Waals surface area contributed by atoms with Crippen molar-refractivity contribution in [1.29, 1.82) is 0 Å². The number of rotatable bonds is 3. The number of carbonyl (C=O) groups is 1. The van der Waals surface area contributed by atoms with E-state index in [1.165, 1.54) is 27.8 Å². The van der Waals surface area contributed by atoms with Crippen LogP contribution in [-0.4, -0.2) is 10.9 Å². The van der Waals surface area contributed by atoms with Gasteiger partial charge >= 0.3 is 0 Å². The lowest BCUT2D eigenvalue weighted by Gasteiger charge is -2.08. The summed E-state index contributed by atoms with van der Waals surface area (Å²) in [5, 5.41) is 10.2. The first-order valence-corrected chi connectivity index (χ1v) is 9.65. The number of carbonyl (C=O) groups excluding carboxylic acids is 1. The van der Waals surface area contributed by atoms with E-state index in [-0.39, 0.29) is 5.91 Å². The standard InChI is InChI=1S/C23H16N2OS/c26-23(20-8-10-27-14-20)25-21-6-5-17-11-16(3-4-18(17)12-21)19-2-1-15-7-9-24-22(15)13-19/h1-14,24H,(H,25,26). The van der Waals surface area contributed by atoms with Gasteiger partial charge in [-0.05, 0) is 69.1 Å². The Hall–Kier alpha value is -3.37. The lowest BCUT2D eigenvalue weighted by Crippen LogP contribution is -2.10. The van der Waals surface area contributed by atoms with Crippen LogP contribution in [0.2, 0.25) is 0 Å². The van der Waals surface area contributed by atoms with Crippen molar-refractivity contribution in [1.82, 2.24) is 4.98 Å². The Kier molecular flexibility index (Phi) is 3.77. The average molecular weight is 368 g/mol. The summed E-state index contributed by atoms with van der Waals surface area (Å²) >= 11 is 1.52. The molecule has 0 bridgehead atoms. The molecule has 5 aromatic rings. The number of aromatic nitrogens is 1. The van der Waals surface area contributed by atoms with Crippen LogP contribution in [0.5, 0.6) is 0 Å². The molecule has 2 aromatic heterocycles. The smallest absolute Gasteiger partial charge is 0.256 e. The van der Waals surface area contributed by atoms with E-state index in [0.29, 0.717) is 5.56 Å². The fraction of sp³-hybridized carbons (Fsp3) is 0. The summed E-state index contributed by atoms with van der Waals surface area (Å²) in [5.41, 5.74) is 4.99. The topological polar surface area (TPSA) is 44.9 Å². The fourth-order valence-electron chi connectivity index (χ4n) is 3.33. The lowest BCUT2D eigenvalue weighted by atomic mass is 10.00. The normalized spacial score (nSPS) is 11.1. The van der Waals surface area contributed by atoms with E-state index in [1.54, 1.807) is 0 Å². The molecular weight excluding hydrogens is 352 g/mol. The second-order valence-electron chi connectivity index (χ2n) is 6.52. The molecule has 3 aromatic carbocycles. The molecule has 0 aliphatic rings. The largest absolute Gasteiger partial charge is 0.361 e. The number of hydrogen-bond donors (Lipinski definition) is 2. The molecule has 2 N–H and O–H groups in total. The zero-order chi connectivity index (χ0) is 18.2. The molecule has 5 rings (SSSR count). The summed E-state index contributed by atoms with van der Waals surface area (Å²) in [6.45, 7) is 0. The zero-order valence-corrected chi connectivity index (χ0v) is 15.2. The summed E-state index contributed by atoms with van der Waals surface area (Å²) < 4.78 is 0. The van der Waals surface area contributed by atoms with Gasteiger partial charge in [0.05, 0.1) is 5.56 Å². The third-order valence-corrected chi connectivity index (χ3v) is 5.45. The SMILES string of the molecule is O=C(Nc1ccc2cc(-c3ccc4cc[nH]c4c3)ccc2c1)c1ccsc1. The second kappa shape index (κ2) is 6.41. The van der Waals surface area contributed by atoms with Crippen molar-refractivity contribution in [3.63, 3.8) is 0 Å². The van der Waals surface area contributed by atoms with Crippen LogP contribution >= 0.6 is 11.3 Å². The first-order valence-electron chi connectivity index (χ1n) is 8.71. The third-order valence-electron chi connectivity index (χ3n) is 4.77. The predicted molar refractivity (Wildman–Crippen MR) is 114 cm³/mol. The first kappa shape index (κ1) is 15.9. The van der Waals surface area contributed by atoms with Crippen LogP contribution < -0.4 is 5.32 Å². The number of fused-ring (bicyclic) bond motifs is 2. The van der Waals surface area contributed by atoms with Crippen molar-refractivity contribution in [2.75, 3.05) is 5.32 Å².